The summed E-state index contributed by atoms with van der Waals surface area (Å²) in [5, 5.41) is 13.2. The van der Waals surface area contributed by atoms with Crippen molar-refractivity contribution in [2.24, 2.45) is 10.8 Å². The van der Waals surface area contributed by atoms with Gasteiger partial charge in [-0.3, -0.25) is 10.2 Å². The highest BCUT2D eigenvalue weighted by molar-refractivity contribution is 9.10. The van der Waals surface area contributed by atoms with Gasteiger partial charge in [-0.05, 0) is 37.6 Å². The number of rotatable bonds is 7. The Morgan fingerprint density at radius 3 is 2.89 bits per heavy atom. The van der Waals surface area contributed by atoms with Gasteiger partial charge in [0.05, 0.1) is 5.56 Å². The molecule has 9 heteroatoms. The summed E-state index contributed by atoms with van der Waals surface area (Å²) in [5.41, 5.74) is 11.2. The lowest BCUT2D eigenvalue weighted by Gasteiger charge is -2.11. The van der Waals surface area contributed by atoms with Crippen molar-refractivity contribution in [3.8, 4) is 5.75 Å². The van der Waals surface area contributed by atoms with Gasteiger partial charge >= 0.3 is 0 Å². The molecule has 5 N–H and O–H groups in total. The molecule has 1 atom stereocenters. The standard InChI is InChI=1S/C18H21BrN4O4/c1-9-15(10(2)21-16(9)18-23-22-14(8-24)27-18)17(25)12-7-11(19)3-4-13(12)26-6-5-20/h3-4,7,14,21-22,24H,5-6,8,20H2,1-2H3. The van der Waals surface area contributed by atoms with Crippen LogP contribution in [-0.2, 0) is 4.74 Å². The van der Waals surface area contributed by atoms with Crippen LogP contribution in [0.5, 0.6) is 5.75 Å². The minimum atomic E-state index is -0.594. The van der Waals surface area contributed by atoms with Crippen LogP contribution in [0.2, 0.25) is 0 Å². The molecular formula is C18H21BrN4O4. The summed E-state index contributed by atoms with van der Waals surface area (Å²) in [7, 11) is 0. The van der Waals surface area contributed by atoms with Gasteiger partial charge in [0.1, 0.15) is 24.7 Å². The molecule has 0 aliphatic carbocycles. The molecule has 0 radical (unpaired) electrons. The Morgan fingerprint density at radius 2 is 2.22 bits per heavy atom. The maximum Gasteiger partial charge on any atom is 0.257 e. The summed E-state index contributed by atoms with van der Waals surface area (Å²) in [4.78, 5) is 16.4. The molecule has 0 bridgehead atoms. The van der Waals surface area contributed by atoms with E-state index in [4.69, 9.17) is 15.2 Å². The van der Waals surface area contributed by atoms with Crippen LogP contribution < -0.4 is 15.9 Å². The van der Waals surface area contributed by atoms with Gasteiger partial charge in [0.25, 0.3) is 5.90 Å². The van der Waals surface area contributed by atoms with Gasteiger partial charge in [0, 0.05) is 22.3 Å². The molecule has 8 nitrogen and oxygen atoms in total. The van der Waals surface area contributed by atoms with Crippen LogP contribution in [0, 0.1) is 13.8 Å². The Bertz CT molecular complexity index is 894. The molecule has 144 valence electrons. The molecule has 0 amide bonds. The molecule has 0 saturated heterocycles. The van der Waals surface area contributed by atoms with E-state index in [0.717, 1.165) is 4.47 Å². The van der Waals surface area contributed by atoms with Gasteiger partial charge in [-0.25, -0.2) is 0 Å². The smallest absolute Gasteiger partial charge is 0.257 e. The van der Waals surface area contributed by atoms with Crippen molar-refractivity contribution in [2.45, 2.75) is 20.1 Å². The first-order chi connectivity index (χ1) is 13.0. The van der Waals surface area contributed by atoms with E-state index in [2.05, 4.69) is 31.4 Å². The SMILES string of the molecule is Cc1[nH]c(C2=NNC(CO)O2)c(C)c1C(=O)c1cc(Br)ccc1OCCN. The van der Waals surface area contributed by atoms with Gasteiger partial charge in [-0.2, -0.15) is 0 Å². The van der Waals surface area contributed by atoms with Crippen molar-refractivity contribution < 1.29 is 19.4 Å². The summed E-state index contributed by atoms with van der Waals surface area (Å²) in [6.45, 7) is 4.10. The lowest BCUT2D eigenvalue weighted by Crippen LogP contribution is -2.26. The second-order valence-corrected chi connectivity index (χ2v) is 6.98. The van der Waals surface area contributed by atoms with Crippen molar-refractivity contribution in [1.82, 2.24) is 10.4 Å². The number of ketones is 1. The number of nitrogens with one attached hydrogen (secondary N) is 2. The van der Waals surface area contributed by atoms with E-state index in [1.807, 2.05) is 19.9 Å². The average molecular weight is 437 g/mol. The van der Waals surface area contributed by atoms with E-state index in [-0.39, 0.29) is 12.4 Å². The van der Waals surface area contributed by atoms with Crippen LogP contribution in [0.3, 0.4) is 0 Å². The predicted molar refractivity (Wildman–Crippen MR) is 104 cm³/mol. The quantitative estimate of drug-likeness (QED) is 0.488. The fourth-order valence-corrected chi connectivity index (χ4v) is 3.29. The Hall–Kier alpha value is -2.36. The van der Waals surface area contributed by atoms with Crippen LogP contribution in [0.15, 0.2) is 27.8 Å². The number of hydrogen-bond donors (Lipinski definition) is 4. The zero-order valence-electron chi connectivity index (χ0n) is 15.0. The van der Waals surface area contributed by atoms with Gasteiger partial charge in [0.2, 0.25) is 6.23 Å². The third-order valence-corrected chi connectivity index (χ3v) is 4.66. The van der Waals surface area contributed by atoms with Crippen LogP contribution in [0.1, 0.15) is 32.9 Å². The highest BCUT2D eigenvalue weighted by Crippen LogP contribution is 2.29. The number of carbonyl (C=O) groups is 1. The number of hydrazone groups is 1. The number of hydrogen-bond acceptors (Lipinski definition) is 7. The normalized spacial score (nSPS) is 15.9. The van der Waals surface area contributed by atoms with Crippen molar-refractivity contribution in [3.05, 3.63) is 50.8 Å². The first kappa shape index (κ1) is 19.4. The van der Waals surface area contributed by atoms with Gasteiger partial charge in [0.15, 0.2) is 5.78 Å². The van der Waals surface area contributed by atoms with Crippen molar-refractivity contribution in [3.63, 3.8) is 0 Å². The molecule has 3 rings (SSSR count). The second kappa shape index (κ2) is 8.12. The minimum Gasteiger partial charge on any atom is -0.492 e. The third-order valence-electron chi connectivity index (χ3n) is 4.17. The van der Waals surface area contributed by atoms with Gasteiger partial charge < -0.3 is 25.3 Å². The lowest BCUT2D eigenvalue weighted by atomic mass is 9.99. The van der Waals surface area contributed by atoms with Gasteiger partial charge in [-0.1, -0.05) is 15.9 Å². The number of aryl methyl sites for hydroxylation is 1. The second-order valence-electron chi connectivity index (χ2n) is 6.07. The number of halogens is 1. The molecule has 1 aliphatic rings. The van der Waals surface area contributed by atoms with E-state index < -0.39 is 6.23 Å². The molecular weight excluding hydrogens is 416 g/mol. The highest BCUT2D eigenvalue weighted by atomic mass is 79.9. The van der Waals surface area contributed by atoms with E-state index >= 15 is 0 Å². The maximum atomic E-state index is 13.3. The fraction of sp³-hybridized carbons (Fsp3) is 0.333. The molecule has 0 fully saturated rings. The van der Waals surface area contributed by atoms with Crippen LogP contribution >= 0.6 is 15.9 Å². The zero-order chi connectivity index (χ0) is 19.6. The van der Waals surface area contributed by atoms with Gasteiger partial charge in [-0.15, -0.1) is 5.10 Å². The first-order valence-corrected chi connectivity index (χ1v) is 9.23. The van der Waals surface area contributed by atoms with Crippen LogP contribution in [-0.4, -0.2) is 47.8 Å². The number of ether oxygens (including phenoxy) is 2. The number of nitrogens with zero attached hydrogens (tertiary/aromatic N) is 1. The number of aliphatic hydroxyl groups is 1. The number of H-pyrrole nitrogens is 1. The molecule has 27 heavy (non-hydrogen) atoms. The molecule has 2 heterocycles. The molecule has 2 aromatic rings. The first-order valence-electron chi connectivity index (χ1n) is 8.43. The summed E-state index contributed by atoms with van der Waals surface area (Å²) in [6.07, 6.45) is -0.594. The summed E-state index contributed by atoms with van der Waals surface area (Å²) < 4.78 is 11.9. The summed E-state index contributed by atoms with van der Waals surface area (Å²) in [5.74, 6) is 0.611. The topological polar surface area (TPSA) is 122 Å². The predicted octanol–water partition coefficient (Wildman–Crippen LogP) is 1.56. The van der Waals surface area contributed by atoms with Crippen LogP contribution in [0.25, 0.3) is 0 Å². The number of aromatic nitrogens is 1. The Labute approximate surface area is 164 Å². The Morgan fingerprint density at radius 1 is 1.44 bits per heavy atom. The minimum absolute atomic E-state index is 0.175. The highest BCUT2D eigenvalue weighted by Gasteiger charge is 2.28. The molecule has 1 aliphatic heterocycles. The molecule has 1 aromatic carbocycles. The molecule has 1 aromatic heterocycles. The molecule has 0 spiro atoms. The average Bonchev–Trinajstić information content (AvgIpc) is 3.24. The zero-order valence-corrected chi connectivity index (χ0v) is 16.6. The van der Waals surface area contributed by atoms with E-state index in [9.17, 15) is 9.90 Å². The Balaban J connectivity index is 1.98. The summed E-state index contributed by atoms with van der Waals surface area (Å²) in [6, 6.07) is 5.28. The fourth-order valence-electron chi connectivity index (χ4n) is 2.92. The Kier molecular flexibility index (Phi) is 5.83. The number of nitrogens with two attached hydrogens (primary N) is 1. The van der Waals surface area contributed by atoms with E-state index in [1.165, 1.54) is 0 Å². The lowest BCUT2D eigenvalue weighted by molar-refractivity contribution is 0.102. The summed E-state index contributed by atoms with van der Waals surface area (Å²) >= 11 is 3.40. The molecule has 0 saturated carbocycles. The van der Waals surface area contributed by atoms with Crippen molar-refractivity contribution in [1.29, 1.82) is 0 Å². The number of benzene rings is 1. The van der Waals surface area contributed by atoms with Crippen LogP contribution in [0.4, 0.5) is 0 Å². The number of aromatic amines is 1. The number of carbonyl (C=O) groups excluding carboxylic acids is 1. The van der Waals surface area contributed by atoms with E-state index in [1.54, 1.807) is 12.1 Å². The maximum absolute atomic E-state index is 13.3. The van der Waals surface area contributed by atoms with E-state index in [0.29, 0.717) is 52.9 Å². The molecule has 1 unspecified atom stereocenters. The monoisotopic (exact) mass is 436 g/mol. The van der Waals surface area contributed by atoms with Crippen molar-refractivity contribution in [2.75, 3.05) is 19.8 Å². The van der Waals surface area contributed by atoms with Crippen molar-refractivity contribution >= 4 is 27.6 Å². The largest absolute Gasteiger partial charge is 0.492 e. The number of aliphatic hydroxyl groups excluding tert-OH is 1. The third kappa shape index (κ3) is 3.85.